The summed E-state index contributed by atoms with van der Waals surface area (Å²) in [6.45, 7) is 1.62. The lowest BCUT2D eigenvalue weighted by Gasteiger charge is -2.20. The molecule has 0 saturated heterocycles. The number of pyridine rings is 2. The van der Waals surface area contributed by atoms with E-state index in [4.69, 9.17) is 0 Å². The molecule has 98 valence electrons. The summed E-state index contributed by atoms with van der Waals surface area (Å²) in [6.07, 6.45) is 3.58. The first kappa shape index (κ1) is 12.3. The van der Waals surface area contributed by atoms with Gasteiger partial charge in [-0.3, -0.25) is 9.78 Å². The van der Waals surface area contributed by atoms with Crippen LogP contribution in [0, 0.1) is 0 Å². The van der Waals surface area contributed by atoms with Gasteiger partial charge in [0.05, 0.1) is 5.03 Å². The number of fused-ring (bicyclic) bond motifs is 1. The zero-order chi connectivity index (χ0) is 13.2. The van der Waals surface area contributed by atoms with E-state index < -0.39 is 0 Å². The fourth-order valence-corrected chi connectivity index (χ4v) is 3.41. The predicted octanol–water partition coefficient (Wildman–Crippen LogP) is 1.99. The third kappa shape index (κ3) is 2.38. The molecule has 0 amide bonds. The Hall–Kier alpha value is -1.75. The van der Waals surface area contributed by atoms with E-state index in [-0.39, 0.29) is 5.56 Å². The van der Waals surface area contributed by atoms with E-state index in [0.29, 0.717) is 0 Å². The number of hydrogen-bond donors (Lipinski definition) is 0. The molecule has 3 rings (SSSR count). The molecule has 3 heterocycles. The molecule has 0 spiro atoms. The molecule has 0 bridgehead atoms. The minimum absolute atomic E-state index is 0.107. The fraction of sp³-hybridized carbons (Fsp3) is 0.286. The summed E-state index contributed by atoms with van der Waals surface area (Å²) >= 11 is 1.77. The summed E-state index contributed by atoms with van der Waals surface area (Å²) in [7, 11) is 2.05. The Kier molecular flexibility index (Phi) is 3.29. The Morgan fingerprint density at radius 2 is 2.11 bits per heavy atom. The van der Waals surface area contributed by atoms with E-state index in [1.165, 1.54) is 5.56 Å². The molecule has 0 N–H and O–H groups in total. The molecule has 1 aliphatic rings. The molecule has 2 aromatic rings. The highest BCUT2D eigenvalue weighted by Gasteiger charge is 2.17. The predicted molar refractivity (Wildman–Crippen MR) is 77.8 cm³/mol. The highest BCUT2D eigenvalue weighted by atomic mass is 32.2. The molecule has 5 heteroatoms. The minimum atomic E-state index is 0.107. The van der Waals surface area contributed by atoms with Gasteiger partial charge in [0, 0.05) is 55.6 Å². The van der Waals surface area contributed by atoms with Crippen LogP contribution in [0.1, 0.15) is 5.56 Å². The molecule has 0 aromatic carbocycles. The number of rotatable bonds is 3. The Labute approximate surface area is 116 Å². The molecule has 0 atom stereocenters. The van der Waals surface area contributed by atoms with Crippen molar-refractivity contribution < 1.29 is 0 Å². The zero-order valence-corrected chi connectivity index (χ0v) is 11.6. The number of aromatic nitrogens is 2. The fourth-order valence-electron chi connectivity index (χ4n) is 2.29. The molecule has 1 aliphatic heterocycles. The van der Waals surface area contributed by atoms with Crippen LogP contribution in [0.2, 0.25) is 0 Å². The van der Waals surface area contributed by atoms with E-state index in [1.54, 1.807) is 30.2 Å². The average molecular weight is 273 g/mol. The standard InChI is InChI=1S/C14H15N3OS/c1-16(12-4-6-15-7-5-12)10-11-2-3-13(18)17-8-9-19-14(11)17/h2-7H,8-10H2,1H3. The monoisotopic (exact) mass is 273 g/mol. The Morgan fingerprint density at radius 1 is 1.32 bits per heavy atom. The van der Waals surface area contributed by atoms with Crippen LogP contribution in [0.15, 0.2) is 46.5 Å². The van der Waals surface area contributed by atoms with Gasteiger partial charge in [-0.1, -0.05) is 0 Å². The van der Waals surface area contributed by atoms with Gasteiger partial charge in [-0.2, -0.15) is 0 Å². The summed E-state index contributed by atoms with van der Waals surface area (Å²) in [5.41, 5.74) is 2.44. The summed E-state index contributed by atoms with van der Waals surface area (Å²) in [4.78, 5) is 17.9. The Morgan fingerprint density at radius 3 is 2.89 bits per heavy atom. The summed E-state index contributed by atoms with van der Waals surface area (Å²) in [5, 5.41) is 1.12. The Balaban J connectivity index is 1.89. The lowest BCUT2D eigenvalue weighted by atomic mass is 10.2. The summed E-state index contributed by atoms with van der Waals surface area (Å²) in [6, 6.07) is 7.60. The normalized spacial score (nSPS) is 13.3. The van der Waals surface area contributed by atoms with E-state index in [2.05, 4.69) is 16.9 Å². The van der Waals surface area contributed by atoms with Crippen molar-refractivity contribution in [3.8, 4) is 0 Å². The molecule has 0 unspecified atom stereocenters. The van der Waals surface area contributed by atoms with E-state index in [9.17, 15) is 4.79 Å². The first-order valence-corrected chi connectivity index (χ1v) is 7.21. The lowest BCUT2D eigenvalue weighted by Crippen LogP contribution is -2.22. The van der Waals surface area contributed by atoms with E-state index in [1.807, 2.05) is 22.8 Å². The van der Waals surface area contributed by atoms with Gasteiger partial charge in [-0.15, -0.1) is 11.8 Å². The van der Waals surface area contributed by atoms with Gasteiger partial charge < -0.3 is 9.47 Å². The number of thioether (sulfide) groups is 1. The molecule has 4 nitrogen and oxygen atoms in total. The average Bonchev–Trinajstić information content (AvgIpc) is 2.93. The van der Waals surface area contributed by atoms with Gasteiger partial charge >= 0.3 is 0 Å². The van der Waals surface area contributed by atoms with Crippen molar-refractivity contribution in [2.24, 2.45) is 0 Å². The molecular weight excluding hydrogens is 258 g/mol. The van der Waals surface area contributed by atoms with Crippen LogP contribution in [-0.2, 0) is 13.1 Å². The molecule has 19 heavy (non-hydrogen) atoms. The summed E-state index contributed by atoms with van der Waals surface area (Å²) in [5.74, 6) is 0.991. The quantitative estimate of drug-likeness (QED) is 0.857. The molecule has 0 fully saturated rings. The van der Waals surface area contributed by atoms with Crippen molar-refractivity contribution in [3.63, 3.8) is 0 Å². The second-order valence-electron chi connectivity index (χ2n) is 4.56. The molecule has 2 aromatic heterocycles. The highest BCUT2D eigenvalue weighted by molar-refractivity contribution is 7.99. The Bertz CT molecular complexity index is 639. The summed E-state index contributed by atoms with van der Waals surface area (Å²) < 4.78 is 1.88. The van der Waals surface area contributed by atoms with Crippen molar-refractivity contribution in [1.82, 2.24) is 9.55 Å². The number of hydrogen-bond acceptors (Lipinski definition) is 4. The van der Waals surface area contributed by atoms with Gasteiger partial charge in [0.25, 0.3) is 5.56 Å². The smallest absolute Gasteiger partial charge is 0.251 e. The molecule has 0 aliphatic carbocycles. The van der Waals surface area contributed by atoms with Crippen molar-refractivity contribution in [1.29, 1.82) is 0 Å². The molecule has 0 radical (unpaired) electrons. The first-order valence-electron chi connectivity index (χ1n) is 6.22. The molecular formula is C14H15N3OS. The minimum Gasteiger partial charge on any atom is -0.370 e. The van der Waals surface area contributed by atoms with Crippen molar-refractivity contribution in [2.45, 2.75) is 18.1 Å². The second-order valence-corrected chi connectivity index (χ2v) is 5.65. The van der Waals surface area contributed by atoms with E-state index in [0.717, 1.165) is 29.6 Å². The van der Waals surface area contributed by atoms with Crippen molar-refractivity contribution in [3.05, 3.63) is 52.6 Å². The van der Waals surface area contributed by atoms with Crippen LogP contribution in [0.4, 0.5) is 5.69 Å². The van der Waals surface area contributed by atoms with Crippen LogP contribution < -0.4 is 10.5 Å². The molecule has 0 saturated carbocycles. The largest absolute Gasteiger partial charge is 0.370 e. The number of anilines is 1. The third-order valence-electron chi connectivity index (χ3n) is 3.28. The zero-order valence-electron chi connectivity index (χ0n) is 10.7. The van der Waals surface area contributed by atoms with Gasteiger partial charge in [0.2, 0.25) is 0 Å². The third-order valence-corrected chi connectivity index (χ3v) is 4.42. The van der Waals surface area contributed by atoms with Crippen molar-refractivity contribution >= 4 is 17.4 Å². The maximum Gasteiger partial charge on any atom is 0.251 e. The van der Waals surface area contributed by atoms with Crippen LogP contribution in [0.25, 0.3) is 0 Å². The maximum absolute atomic E-state index is 11.7. The SMILES string of the molecule is CN(Cc1ccc(=O)n2c1SCC2)c1ccncc1. The lowest BCUT2D eigenvalue weighted by molar-refractivity contribution is 0.674. The van der Waals surface area contributed by atoms with Gasteiger partial charge in [-0.05, 0) is 18.2 Å². The van der Waals surface area contributed by atoms with Crippen LogP contribution >= 0.6 is 11.8 Å². The van der Waals surface area contributed by atoms with Gasteiger partial charge in [0.15, 0.2) is 0 Å². The van der Waals surface area contributed by atoms with Crippen LogP contribution in [0.3, 0.4) is 0 Å². The highest BCUT2D eigenvalue weighted by Crippen LogP contribution is 2.28. The first-order chi connectivity index (χ1) is 9.25. The van der Waals surface area contributed by atoms with Crippen LogP contribution in [0.5, 0.6) is 0 Å². The van der Waals surface area contributed by atoms with Crippen LogP contribution in [-0.4, -0.2) is 22.4 Å². The topological polar surface area (TPSA) is 38.1 Å². The van der Waals surface area contributed by atoms with Gasteiger partial charge in [-0.25, -0.2) is 0 Å². The maximum atomic E-state index is 11.7. The van der Waals surface area contributed by atoms with Crippen molar-refractivity contribution in [2.75, 3.05) is 17.7 Å². The second kappa shape index (κ2) is 5.09. The van der Waals surface area contributed by atoms with E-state index >= 15 is 0 Å². The number of nitrogens with zero attached hydrogens (tertiary/aromatic N) is 3. The van der Waals surface area contributed by atoms with Gasteiger partial charge in [0.1, 0.15) is 0 Å².